The highest BCUT2D eigenvalue weighted by molar-refractivity contribution is 7.94. The number of rotatable bonds is 6. The fourth-order valence-electron chi connectivity index (χ4n) is 2.55. The van der Waals surface area contributed by atoms with Crippen LogP contribution in [-0.4, -0.2) is 42.3 Å². The van der Waals surface area contributed by atoms with Crippen LogP contribution < -0.4 is 4.90 Å². The molecule has 0 bridgehead atoms. The molecule has 0 N–H and O–H groups in total. The average Bonchev–Trinajstić information content (AvgIpc) is 3.13. The lowest BCUT2D eigenvalue weighted by atomic mass is 9.87. The Labute approximate surface area is 136 Å². The summed E-state index contributed by atoms with van der Waals surface area (Å²) in [6.07, 6.45) is 3.62. The Bertz CT molecular complexity index is 640. The SMILES string of the molecule is COCC1(C)CN(c2nccs2)c2nc(SOOC)ncc21. The van der Waals surface area contributed by atoms with Crippen molar-refractivity contribution in [3.8, 4) is 0 Å². The third kappa shape index (κ3) is 2.82. The molecule has 3 rings (SSSR count). The monoisotopic (exact) mass is 340 g/mol. The normalized spacial score (nSPS) is 20.4. The topological polar surface area (TPSA) is 69.6 Å². The van der Waals surface area contributed by atoms with Crippen LogP contribution in [0, 0.1) is 0 Å². The van der Waals surface area contributed by atoms with Gasteiger partial charge in [-0.05, 0) is 0 Å². The molecule has 0 fully saturated rings. The molecular weight excluding hydrogens is 324 g/mol. The van der Waals surface area contributed by atoms with Gasteiger partial charge in [0.15, 0.2) is 5.13 Å². The Morgan fingerprint density at radius 3 is 2.95 bits per heavy atom. The number of aromatic nitrogens is 3. The highest BCUT2D eigenvalue weighted by atomic mass is 32.2. The molecule has 7 nitrogen and oxygen atoms in total. The van der Waals surface area contributed by atoms with Crippen LogP contribution >= 0.6 is 23.4 Å². The first-order valence-corrected chi connectivity index (χ1v) is 8.21. The summed E-state index contributed by atoms with van der Waals surface area (Å²) in [6, 6.07) is 0. The van der Waals surface area contributed by atoms with E-state index in [1.165, 1.54) is 7.11 Å². The number of anilines is 2. The van der Waals surface area contributed by atoms with E-state index in [9.17, 15) is 0 Å². The first kappa shape index (κ1) is 15.6. The van der Waals surface area contributed by atoms with Gasteiger partial charge in [0.2, 0.25) is 5.16 Å². The summed E-state index contributed by atoms with van der Waals surface area (Å²) in [5, 5.41) is 3.35. The van der Waals surface area contributed by atoms with Crippen LogP contribution in [0.5, 0.6) is 0 Å². The molecule has 2 aromatic rings. The summed E-state index contributed by atoms with van der Waals surface area (Å²) in [6.45, 7) is 3.48. The van der Waals surface area contributed by atoms with Crippen LogP contribution in [0.2, 0.25) is 0 Å². The highest BCUT2D eigenvalue weighted by Crippen LogP contribution is 2.44. The molecule has 0 amide bonds. The van der Waals surface area contributed by atoms with Crippen molar-refractivity contribution < 1.29 is 14.0 Å². The quantitative estimate of drug-likeness (QED) is 0.344. The lowest BCUT2D eigenvalue weighted by Gasteiger charge is -2.23. The third-order valence-corrected chi connectivity index (χ3v) is 4.79. The molecule has 0 saturated carbocycles. The van der Waals surface area contributed by atoms with Crippen molar-refractivity contribution in [1.82, 2.24) is 15.0 Å². The van der Waals surface area contributed by atoms with E-state index in [0.717, 1.165) is 35.1 Å². The molecule has 22 heavy (non-hydrogen) atoms. The zero-order chi connectivity index (χ0) is 15.6. The lowest BCUT2D eigenvalue weighted by Crippen LogP contribution is -2.32. The van der Waals surface area contributed by atoms with Gasteiger partial charge in [0.25, 0.3) is 0 Å². The second kappa shape index (κ2) is 6.47. The molecule has 1 atom stereocenters. The Morgan fingerprint density at radius 1 is 1.41 bits per heavy atom. The zero-order valence-electron chi connectivity index (χ0n) is 12.5. The van der Waals surface area contributed by atoms with Gasteiger partial charge < -0.3 is 9.64 Å². The molecule has 0 spiro atoms. The minimum atomic E-state index is -0.180. The summed E-state index contributed by atoms with van der Waals surface area (Å²) in [7, 11) is 3.15. The molecule has 2 aromatic heterocycles. The molecule has 0 saturated heterocycles. The molecule has 1 aliphatic heterocycles. The van der Waals surface area contributed by atoms with Gasteiger partial charge >= 0.3 is 0 Å². The van der Waals surface area contributed by atoms with Gasteiger partial charge in [-0.1, -0.05) is 6.92 Å². The van der Waals surface area contributed by atoms with Gasteiger partial charge in [-0.2, -0.15) is 4.33 Å². The third-order valence-electron chi connectivity index (χ3n) is 3.45. The average molecular weight is 340 g/mol. The maximum atomic E-state index is 5.40. The number of thiazole rings is 1. The van der Waals surface area contributed by atoms with Crippen molar-refractivity contribution in [3.63, 3.8) is 0 Å². The van der Waals surface area contributed by atoms with Crippen LogP contribution in [-0.2, 0) is 19.4 Å². The number of hydrogen-bond donors (Lipinski definition) is 0. The van der Waals surface area contributed by atoms with Crippen molar-refractivity contribution in [1.29, 1.82) is 0 Å². The van der Waals surface area contributed by atoms with Crippen molar-refractivity contribution in [3.05, 3.63) is 23.3 Å². The minimum absolute atomic E-state index is 0.180. The Balaban J connectivity index is 2.00. The smallest absolute Gasteiger partial charge is 0.220 e. The van der Waals surface area contributed by atoms with E-state index in [2.05, 4.69) is 31.7 Å². The number of hydrogen-bond acceptors (Lipinski definition) is 9. The first-order valence-electron chi connectivity index (χ1n) is 6.59. The van der Waals surface area contributed by atoms with Gasteiger partial charge in [-0.25, -0.2) is 19.8 Å². The lowest BCUT2D eigenvalue weighted by molar-refractivity contribution is -0.160. The summed E-state index contributed by atoms with van der Waals surface area (Å²) < 4.78 is 10.2. The minimum Gasteiger partial charge on any atom is -0.384 e. The van der Waals surface area contributed by atoms with Gasteiger partial charge in [0, 0.05) is 42.4 Å². The molecular formula is C13H16N4O3S2. The fourth-order valence-corrected chi connectivity index (χ4v) is 3.54. The molecule has 1 aliphatic rings. The standard InChI is InChI=1S/C13H16N4O3S2/c1-13(8-18-2)7-17(12-14-4-5-21-12)10-9(13)6-15-11(16-10)22-20-19-3/h4-6H,7-8H2,1-3H3. The van der Waals surface area contributed by atoms with E-state index in [4.69, 9.17) is 9.07 Å². The van der Waals surface area contributed by atoms with E-state index in [0.29, 0.717) is 11.8 Å². The maximum absolute atomic E-state index is 5.40. The number of nitrogens with zero attached hydrogens (tertiary/aromatic N) is 4. The molecule has 1 unspecified atom stereocenters. The Hall–Kier alpha value is -1.26. The Morgan fingerprint density at radius 2 is 2.27 bits per heavy atom. The van der Waals surface area contributed by atoms with Crippen LogP contribution in [0.1, 0.15) is 12.5 Å². The van der Waals surface area contributed by atoms with Crippen LogP contribution in [0.3, 0.4) is 0 Å². The van der Waals surface area contributed by atoms with E-state index >= 15 is 0 Å². The van der Waals surface area contributed by atoms with Gasteiger partial charge in [-0.15, -0.1) is 11.3 Å². The highest BCUT2D eigenvalue weighted by Gasteiger charge is 2.42. The second-order valence-electron chi connectivity index (χ2n) is 5.10. The van der Waals surface area contributed by atoms with E-state index < -0.39 is 0 Å². The van der Waals surface area contributed by atoms with Crippen LogP contribution in [0.4, 0.5) is 10.9 Å². The maximum Gasteiger partial charge on any atom is 0.220 e. The molecule has 0 radical (unpaired) electrons. The number of fused-ring (bicyclic) bond motifs is 1. The summed E-state index contributed by atoms with van der Waals surface area (Å²) in [4.78, 5) is 20.0. The second-order valence-corrected chi connectivity index (χ2v) is 6.64. The van der Waals surface area contributed by atoms with Crippen LogP contribution in [0.15, 0.2) is 22.9 Å². The fraction of sp³-hybridized carbons (Fsp3) is 0.462. The molecule has 0 aliphatic carbocycles. The molecule has 3 heterocycles. The van der Waals surface area contributed by atoms with Crippen molar-refractivity contribution in [2.45, 2.75) is 17.5 Å². The summed E-state index contributed by atoms with van der Waals surface area (Å²) >= 11 is 2.56. The van der Waals surface area contributed by atoms with Crippen molar-refractivity contribution in [2.24, 2.45) is 0 Å². The van der Waals surface area contributed by atoms with E-state index in [1.54, 1.807) is 24.6 Å². The molecule has 9 heteroatoms. The van der Waals surface area contributed by atoms with Crippen molar-refractivity contribution >= 4 is 34.3 Å². The molecule has 0 aromatic carbocycles. The summed E-state index contributed by atoms with van der Waals surface area (Å²) in [5.74, 6) is 0.840. The van der Waals surface area contributed by atoms with E-state index in [1.807, 2.05) is 11.6 Å². The van der Waals surface area contributed by atoms with Gasteiger partial charge in [0.05, 0.1) is 13.7 Å². The Kier molecular flexibility index (Phi) is 4.59. The van der Waals surface area contributed by atoms with E-state index in [-0.39, 0.29) is 5.41 Å². The van der Waals surface area contributed by atoms with Crippen molar-refractivity contribution in [2.75, 3.05) is 32.3 Å². The predicted octanol–water partition coefficient (Wildman–Crippen LogP) is 2.57. The van der Waals surface area contributed by atoms with Gasteiger partial charge in [0.1, 0.15) is 17.9 Å². The molecule has 118 valence electrons. The van der Waals surface area contributed by atoms with Gasteiger partial charge in [-0.3, -0.25) is 0 Å². The largest absolute Gasteiger partial charge is 0.384 e. The van der Waals surface area contributed by atoms with Crippen LogP contribution in [0.25, 0.3) is 0 Å². The summed E-state index contributed by atoms with van der Waals surface area (Å²) in [5.41, 5.74) is 0.868. The zero-order valence-corrected chi connectivity index (χ0v) is 14.1. The first-order chi connectivity index (χ1) is 10.7. The number of methoxy groups -OCH3 is 1. The number of ether oxygens (including phenoxy) is 1. The predicted molar refractivity (Wildman–Crippen MR) is 84.3 cm³/mol.